The zero-order valence-corrected chi connectivity index (χ0v) is 11.9. The van der Waals surface area contributed by atoms with E-state index in [1.807, 2.05) is 0 Å². The third-order valence-corrected chi connectivity index (χ3v) is 2.92. The highest BCUT2D eigenvalue weighted by Gasteiger charge is 2.18. The number of halogens is 1. The Morgan fingerprint density at radius 1 is 1.42 bits per heavy atom. The van der Waals surface area contributed by atoms with Crippen molar-refractivity contribution in [1.82, 2.24) is 4.90 Å². The second kappa shape index (κ2) is 7.24. The van der Waals surface area contributed by atoms with Crippen molar-refractivity contribution in [3.05, 3.63) is 35.1 Å². The summed E-state index contributed by atoms with van der Waals surface area (Å²) < 4.78 is 13.1. The van der Waals surface area contributed by atoms with Crippen LogP contribution in [-0.2, 0) is 0 Å². The zero-order chi connectivity index (χ0) is 14.4. The molecule has 1 aromatic rings. The molecule has 0 aliphatic carbocycles. The summed E-state index contributed by atoms with van der Waals surface area (Å²) in [5.41, 5.74) is 6.75. The molecule has 1 rings (SSSR count). The molecule has 0 unspecified atom stereocenters. The molecule has 1 aromatic carbocycles. The van der Waals surface area contributed by atoms with Gasteiger partial charge in [-0.1, -0.05) is 13.8 Å². The van der Waals surface area contributed by atoms with Crippen molar-refractivity contribution in [2.75, 3.05) is 19.6 Å². The molecule has 0 aliphatic heterocycles. The van der Waals surface area contributed by atoms with Crippen molar-refractivity contribution < 1.29 is 9.18 Å². The van der Waals surface area contributed by atoms with Gasteiger partial charge < -0.3 is 10.6 Å². The first kappa shape index (κ1) is 15.6. The SMILES string of the molecule is Cc1cc(F)ccc1C(=O)N(CCCN)CC(C)C. The Morgan fingerprint density at radius 2 is 2.11 bits per heavy atom. The number of benzene rings is 1. The standard InChI is InChI=1S/C15H23FN2O/c1-11(2)10-18(8-4-7-17)15(19)14-6-5-13(16)9-12(14)3/h5-6,9,11H,4,7-8,10,17H2,1-3H3. The summed E-state index contributed by atoms with van der Waals surface area (Å²) in [5.74, 6) is 0.0357. The molecule has 4 heteroatoms. The Hall–Kier alpha value is -1.42. The molecule has 0 fully saturated rings. The fraction of sp³-hybridized carbons (Fsp3) is 0.533. The van der Waals surface area contributed by atoms with Gasteiger partial charge in [0.15, 0.2) is 0 Å². The van der Waals surface area contributed by atoms with Crippen molar-refractivity contribution in [3.63, 3.8) is 0 Å². The van der Waals surface area contributed by atoms with Gasteiger partial charge in [-0.25, -0.2) is 4.39 Å². The molecular formula is C15H23FN2O. The highest BCUT2D eigenvalue weighted by molar-refractivity contribution is 5.95. The van der Waals surface area contributed by atoms with Crippen molar-refractivity contribution in [2.24, 2.45) is 11.7 Å². The van der Waals surface area contributed by atoms with Crippen LogP contribution in [0.2, 0.25) is 0 Å². The first-order valence-corrected chi connectivity index (χ1v) is 6.71. The van der Waals surface area contributed by atoms with Crippen LogP contribution in [0, 0.1) is 18.7 Å². The summed E-state index contributed by atoms with van der Waals surface area (Å²) in [6.07, 6.45) is 0.776. The normalized spacial score (nSPS) is 10.8. The van der Waals surface area contributed by atoms with Crippen LogP contribution >= 0.6 is 0 Å². The van der Waals surface area contributed by atoms with Gasteiger partial charge in [0.1, 0.15) is 5.82 Å². The molecule has 0 atom stereocenters. The molecule has 1 amide bonds. The molecule has 0 aromatic heterocycles. The van der Waals surface area contributed by atoms with Crippen LogP contribution in [-0.4, -0.2) is 30.4 Å². The van der Waals surface area contributed by atoms with Crippen LogP contribution in [0.3, 0.4) is 0 Å². The third kappa shape index (κ3) is 4.63. The van der Waals surface area contributed by atoms with E-state index in [9.17, 15) is 9.18 Å². The average Bonchev–Trinajstić information content (AvgIpc) is 2.33. The van der Waals surface area contributed by atoms with Crippen LogP contribution in [0.15, 0.2) is 18.2 Å². The van der Waals surface area contributed by atoms with Gasteiger partial charge in [0, 0.05) is 18.7 Å². The van der Waals surface area contributed by atoms with Gasteiger partial charge in [0.05, 0.1) is 0 Å². The van der Waals surface area contributed by atoms with Crippen molar-refractivity contribution in [2.45, 2.75) is 27.2 Å². The molecule has 0 bridgehead atoms. The van der Waals surface area contributed by atoms with Crippen LogP contribution in [0.5, 0.6) is 0 Å². The number of hydrogen-bond donors (Lipinski definition) is 1. The van der Waals surface area contributed by atoms with Crippen molar-refractivity contribution in [3.8, 4) is 0 Å². The number of hydrogen-bond acceptors (Lipinski definition) is 2. The lowest BCUT2D eigenvalue weighted by atomic mass is 10.1. The Balaban J connectivity index is 2.90. The van der Waals surface area contributed by atoms with Gasteiger partial charge >= 0.3 is 0 Å². The monoisotopic (exact) mass is 266 g/mol. The van der Waals surface area contributed by atoms with E-state index in [4.69, 9.17) is 5.73 Å². The predicted octanol–water partition coefficient (Wildman–Crippen LogP) is 2.58. The molecular weight excluding hydrogens is 243 g/mol. The van der Waals surface area contributed by atoms with Crippen molar-refractivity contribution >= 4 is 5.91 Å². The summed E-state index contributed by atoms with van der Waals surface area (Å²) in [4.78, 5) is 14.3. The minimum atomic E-state index is -0.314. The van der Waals surface area contributed by atoms with Crippen LogP contribution in [0.4, 0.5) is 4.39 Å². The van der Waals surface area contributed by atoms with E-state index in [2.05, 4.69) is 13.8 Å². The molecule has 0 heterocycles. The minimum absolute atomic E-state index is 0.0420. The first-order chi connectivity index (χ1) is 8.95. The Labute approximate surface area is 114 Å². The third-order valence-electron chi connectivity index (χ3n) is 2.92. The van der Waals surface area contributed by atoms with Gasteiger partial charge in [0.2, 0.25) is 0 Å². The van der Waals surface area contributed by atoms with E-state index in [0.29, 0.717) is 36.7 Å². The van der Waals surface area contributed by atoms with Gasteiger partial charge in [-0.15, -0.1) is 0 Å². The fourth-order valence-corrected chi connectivity index (χ4v) is 2.04. The lowest BCUT2D eigenvalue weighted by Gasteiger charge is -2.25. The molecule has 0 saturated heterocycles. The lowest BCUT2D eigenvalue weighted by molar-refractivity contribution is 0.0734. The molecule has 2 N–H and O–H groups in total. The summed E-state index contributed by atoms with van der Waals surface area (Å²) in [6, 6.07) is 4.28. The Morgan fingerprint density at radius 3 is 2.63 bits per heavy atom. The highest BCUT2D eigenvalue weighted by atomic mass is 19.1. The summed E-state index contributed by atoms with van der Waals surface area (Å²) >= 11 is 0. The number of rotatable bonds is 6. The maximum absolute atomic E-state index is 13.1. The number of carbonyl (C=O) groups excluding carboxylic acids is 1. The fourth-order valence-electron chi connectivity index (χ4n) is 2.04. The van der Waals surface area contributed by atoms with Gasteiger partial charge in [-0.2, -0.15) is 0 Å². The van der Waals surface area contributed by atoms with Gasteiger partial charge in [0.25, 0.3) is 5.91 Å². The van der Waals surface area contributed by atoms with Crippen LogP contribution < -0.4 is 5.73 Å². The van der Waals surface area contributed by atoms with Crippen LogP contribution in [0.1, 0.15) is 36.2 Å². The average molecular weight is 266 g/mol. The Kier molecular flexibility index (Phi) is 5.96. The number of nitrogens with zero attached hydrogens (tertiary/aromatic N) is 1. The van der Waals surface area contributed by atoms with E-state index in [1.54, 1.807) is 17.9 Å². The van der Waals surface area contributed by atoms with E-state index in [0.717, 1.165) is 6.42 Å². The quantitative estimate of drug-likeness (QED) is 0.860. The summed E-state index contributed by atoms with van der Waals surface area (Å²) in [7, 11) is 0. The molecule has 0 radical (unpaired) electrons. The molecule has 0 saturated carbocycles. The molecule has 0 spiro atoms. The topological polar surface area (TPSA) is 46.3 Å². The second-order valence-corrected chi connectivity index (χ2v) is 5.25. The summed E-state index contributed by atoms with van der Waals surface area (Å²) in [5, 5.41) is 0. The summed E-state index contributed by atoms with van der Waals surface area (Å²) in [6.45, 7) is 7.79. The largest absolute Gasteiger partial charge is 0.338 e. The van der Waals surface area contributed by atoms with E-state index >= 15 is 0 Å². The zero-order valence-electron chi connectivity index (χ0n) is 11.9. The van der Waals surface area contributed by atoms with E-state index < -0.39 is 0 Å². The second-order valence-electron chi connectivity index (χ2n) is 5.25. The number of carbonyl (C=O) groups is 1. The smallest absolute Gasteiger partial charge is 0.254 e. The maximum Gasteiger partial charge on any atom is 0.254 e. The van der Waals surface area contributed by atoms with E-state index in [-0.39, 0.29) is 11.7 Å². The molecule has 0 aliphatic rings. The lowest BCUT2D eigenvalue weighted by Crippen LogP contribution is -2.36. The van der Waals surface area contributed by atoms with Gasteiger partial charge in [-0.05, 0) is 49.6 Å². The number of nitrogens with two attached hydrogens (primary N) is 1. The Bertz CT molecular complexity index is 432. The first-order valence-electron chi connectivity index (χ1n) is 6.71. The predicted molar refractivity (Wildman–Crippen MR) is 75.5 cm³/mol. The van der Waals surface area contributed by atoms with E-state index in [1.165, 1.54) is 12.1 Å². The number of amides is 1. The maximum atomic E-state index is 13.1. The molecule has 3 nitrogen and oxygen atoms in total. The minimum Gasteiger partial charge on any atom is -0.338 e. The van der Waals surface area contributed by atoms with Gasteiger partial charge in [-0.3, -0.25) is 4.79 Å². The molecule has 106 valence electrons. The van der Waals surface area contributed by atoms with Crippen molar-refractivity contribution in [1.29, 1.82) is 0 Å². The number of aryl methyl sites for hydroxylation is 1. The molecule has 19 heavy (non-hydrogen) atoms. The highest BCUT2D eigenvalue weighted by Crippen LogP contribution is 2.14. The van der Waals surface area contributed by atoms with Crippen LogP contribution in [0.25, 0.3) is 0 Å².